The second-order valence-corrected chi connectivity index (χ2v) is 3.35. The topological polar surface area (TPSA) is 60.4 Å². The summed E-state index contributed by atoms with van der Waals surface area (Å²) >= 11 is 0. The second-order valence-electron chi connectivity index (χ2n) is 1.80. The van der Waals surface area contributed by atoms with Crippen molar-refractivity contribution < 1.29 is 17.4 Å². The number of carbonyl (C=O) groups excluding carboxylic acids is 1. The standard InChI is InChI=1S/C6H10O4S/c1-3-5-10-11(8,9)6(7)4-2/h4H,2-3,5H2,1H3. The summed E-state index contributed by atoms with van der Waals surface area (Å²) in [4.78, 5) is 10.5. The third kappa shape index (κ3) is 3.29. The maximum absolute atomic E-state index is 10.7. The van der Waals surface area contributed by atoms with E-state index in [2.05, 4.69) is 10.8 Å². The summed E-state index contributed by atoms with van der Waals surface area (Å²) in [6.45, 7) is 4.80. The predicted molar refractivity (Wildman–Crippen MR) is 40.4 cm³/mol. The van der Waals surface area contributed by atoms with Gasteiger partial charge in [-0.3, -0.25) is 8.98 Å². The van der Waals surface area contributed by atoms with Gasteiger partial charge in [0, 0.05) is 0 Å². The van der Waals surface area contributed by atoms with Crippen molar-refractivity contribution in [3.63, 3.8) is 0 Å². The van der Waals surface area contributed by atoms with Gasteiger partial charge in [0.15, 0.2) is 0 Å². The van der Waals surface area contributed by atoms with Gasteiger partial charge in [-0.2, -0.15) is 8.42 Å². The molecule has 5 heteroatoms. The third-order valence-corrected chi connectivity index (χ3v) is 1.99. The highest BCUT2D eigenvalue weighted by Crippen LogP contribution is 1.96. The third-order valence-electron chi connectivity index (χ3n) is 0.856. The highest BCUT2D eigenvalue weighted by Gasteiger charge is 2.18. The molecule has 0 aliphatic heterocycles. The van der Waals surface area contributed by atoms with Crippen LogP contribution in [0.1, 0.15) is 13.3 Å². The van der Waals surface area contributed by atoms with Crippen molar-refractivity contribution in [2.45, 2.75) is 13.3 Å². The molecule has 0 amide bonds. The number of hydrogen-bond donors (Lipinski definition) is 0. The molecule has 11 heavy (non-hydrogen) atoms. The van der Waals surface area contributed by atoms with Crippen molar-refractivity contribution in [3.05, 3.63) is 12.7 Å². The molecule has 0 aliphatic rings. The van der Waals surface area contributed by atoms with Crippen molar-refractivity contribution in [1.82, 2.24) is 0 Å². The van der Waals surface area contributed by atoms with Crippen LogP contribution in [0, 0.1) is 0 Å². The van der Waals surface area contributed by atoms with E-state index >= 15 is 0 Å². The Morgan fingerprint density at radius 2 is 2.18 bits per heavy atom. The monoisotopic (exact) mass is 178 g/mol. The number of rotatable bonds is 4. The summed E-state index contributed by atoms with van der Waals surface area (Å²) in [5, 5.41) is -1.09. The SMILES string of the molecule is C=CC(=O)S(=O)(=O)OCCC. The fraction of sp³-hybridized carbons (Fsp3) is 0.500. The van der Waals surface area contributed by atoms with E-state index in [1.807, 2.05) is 0 Å². The average molecular weight is 178 g/mol. The van der Waals surface area contributed by atoms with Crippen molar-refractivity contribution in [2.24, 2.45) is 0 Å². The summed E-state index contributed by atoms with van der Waals surface area (Å²) in [6.07, 6.45) is 1.26. The average Bonchev–Trinajstić information content (AvgIpc) is 1.99. The predicted octanol–water partition coefficient (Wildman–Crippen LogP) is 0.455. The summed E-state index contributed by atoms with van der Waals surface area (Å²) < 4.78 is 25.6. The van der Waals surface area contributed by atoms with Gasteiger partial charge in [-0.1, -0.05) is 13.5 Å². The first-order chi connectivity index (χ1) is 5.04. The van der Waals surface area contributed by atoms with Gasteiger partial charge in [0.1, 0.15) is 0 Å². The van der Waals surface area contributed by atoms with E-state index in [1.165, 1.54) is 0 Å². The minimum Gasteiger partial charge on any atom is -0.274 e. The number of hydrogen-bond acceptors (Lipinski definition) is 4. The fourth-order valence-electron chi connectivity index (χ4n) is 0.353. The lowest BCUT2D eigenvalue weighted by Gasteiger charge is -1.98. The maximum Gasteiger partial charge on any atom is 0.335 e. The summed E-state index contributed by atoms with van der Waals surface area (Å²) in [5.74, 6) is 0. The zero-order valence-corrected chi connectivity index (χ0v) is 7.06. The quantitative estimate of drug-likeness (QED) is 0.463. The molecule has 64 valence electrons. The lowest BCUT2D eigenvalue weighted by Crippen LogP contribution is -2.15. The maximum atomic E-state index is 10.7. The molecule has 0 spiro atoms. The molecule has 0 aliphatic carbocycles. The fourth-order valence-corrected chi connectivity index (χ4v) is 1.06. The Morgan fingerprint density at radius 3 is 2.55 bits per heavy atom. The molecule has 0 N–H and O–H groups in total. The Bertz CT molecular complexity index is 239. The van der Waals surface area contributed by atoms with Gasteiger partial charge in [0.05, 0.1) is 6.61 Å². The molecule has 0 rings (SSSR count). The van der Waals surface area contributed by atoms with E-state index in [1.54, 1.807) is 6.92 Å². The van der Waals surface area contributed by atoms with Crippen molar-refractivity contribution in [2.75, 3.05) is 6.61 Å². The van der Waals surface area contributed by atoms with Crippen LogP contribution in [0.4, 0.5) is 0 Å². The molecule has 0 saturated carbocycles. The first-order valence-corrected chi connectivity index (χ1v) is 4.51. The molecule has 0 aromatic heterocycles. The molecule has 0 fully saturated rings. The van der Waals surface area contributed by atoms with Gasteiger partial charge in [0.2, 0.25) is 0 Å². The van der Waals surface area contributed by atoms with Crippen LogP contribution in [0.3, 0.4) is 0 Å². The Morgan fingerprint density at radius 1 is 1.64 bits per heavy atom. The number of carbonyl (C=O) groups is 1. The minimum absolute atomic E-state index is 0.0297. The molecule has 0 radical (unpaired) electrons. The van der Waals surface area contributed by atoms with Crippen LogP contribution in [0.25, 0.3) is 0 Å². The Hall–Kier alpha value is -0.680. The Balaban J connectivity index is 4.24. The molecule has 0 heterocycles. The van der Waals surface area contributed by atoms with Gasteiger partial charge in [-0.25, -0.2) is 0 Å². The molecule has 0 aromatic rings. The first-order valence-electron chi connectivity index (χ1n) is 3.10. The minimum atomic E-state index is -4.03. The Kier molecular flexibility index (Phi) is 3.99. The molecule has 0 bridgehead atoms. The van der Waals surface area contributed by atoms with Gasteiger partial charge in [-0.15, -0.1) is 0 Å². The van der Waals surface area contributed by atoms with Crippen LogP contribution in [0.5, 0.6) is 0 Å². The van der Waals surface area contributed by atoms with Crippen molar-refractivity contribution in [1.29, 1.82) is 0 Å². The van der Waals surface area contributed by atoms with Crippen molar-refractivity contribution in [3.8, 4) is 0 Å². The zero-order chi connectivity index (χ0) is 8.91. The van der Waals surface area contributed by atoms with E-state index in [0.29, 0.717) is 12.5 Å². The zero-order valence-electron chi connectivity index (χ0n) is 6.24. The largest absolute Gasteiger partial charge is 0.335 e. The van der Waals surface area contributed by atoms with E-state index < -0.39 is 15.2 Å². The summed E-state index contributed by atoms with van der Waals surface area (Å²) in [7, 11) is -4.03. The Labute approximate surface area is 66.0 Å². The lowest BCUT2D eigenvalue weighted by molar-refractivity contribution is -0.108. The van der Waals surface area contributed by atoms with Gasteiger partial charge < -0.3 is 0 Å². The summed E-state index contributed by atoms with van der Waals surface area (Å²) in [6, 6.07) is 0. The second kappa shape index (κ2) is 4.25. The molecular formula is C6H10O4S. The van der Waals surface area contributed by atoms with Gasteiger partial charge in [0.25, 0.3) is 5.12 Å². The smallest absolute Gasteiger partial charge is 0.274 e. The van der Waals surface area contributed by atoms with E-state index in [0.717, 1.165) is 0 Å². The highest BCUT2D eigenvalue weighted by molar-refractivity contribution is 8.02. The van der Waals surface area contributed by atoms with Crippen LogP contribution < -0.4 is 0 Å². The molecule has 0 unspecified atom stereocenters. The van der Waals surface area contributed by atoms with Crippen molar-refractivity contribution >= 4 is 15.2 Å². The van der Waals surface area contributed by atoms with Crippen LogP contribution in [-0.4, -0.2) is 20.1 Å². The van der Waals surface area contributed by atoms with Crippen LogP contribution >= 0.6 is 0 Å². The van der Waals surface area contributed by atoms with Crippen LogP contribution in [0.2, 0.25) is 0 Å². The van der Waals surface area contributed by atoms with Gasteiger partial charge >= 0.3 is 10.1 Å². The molecule has 0 saturated heterocycles. The highest BCUT2D eigenvalue weighted by atomic mass is 32.2. The molecule has 0 aromatic carbocycles. The lowest BCUT2D eigenvalue weighted by atomic mass is 10.5. The normalized spacial score (nSPS) is 11.0. The first kappa shape index (κ1) is 10.3. The molecular weight excluding hydrogens is 168 g/mol. The van der Waals surface area contributed by atoms with E-state index in [4.69, 9.17) is 0 Å². The van der Waals surface area contributed by atoms with E-state index in [-0.39, 0.29) is 6.61 Å². The molecule has 4 nitrogen and oxygen atoms in total. The molecule has 0 atom stereocenters. The van der Waals surface area contributed by atoms with E-state index in [9.17, 15) is 13.2 Å². The summed E-state index contributed by atoms with van der Waals surface area (Å²) in [5.41, 5.74) is 0. The van der Waals surface area contributed by atoms with Crippen LogP contribution in [0.15, 0.2) is 12.7 Å². The van der Waals surface area contributed by atoms with Gasteiger partial charge in [-0.05, 0) is 12.5 Å². The van der Waals surface area contributed by atoms with Crippen LogP contribution in [-0.2, 0) is 19.1 Å².